The van der Waals surface area contributed by atoms with Crippen LogP contribution in [0.5, 0.6) is 5.88 Å². The number of pyridine rings is 1. The van der Waals surface area contributed by atoms with Gasteiger partial charge in [-0.15, -0.1) is 0 Å². The number of carboxylic acid groups (broad SMARTS) is 1. The molecule has 0 fully saturated rings. The molecule has 1 heterocycles. The monoisotopic (exact) mass is 337 g/mol. The summed E-state index contributed by atoms with van der Waals surface area (Å²) in [5.41, 5.74) is -0.633. The van der Waals surface area contributed by atoms with Gasteiger partial charge in [0.25, 0.3) is 5.56 Å². The zero-order chi connectivity index (χ0) is 17.2. The summed E-state index contributed by atoms with van der Waals surface area (Å²) in [5.74, 6) is -2.23. The van der Waals surface area contributed by atoms with Crippen LogP contribution in [-0.4, -0.2) is 29.2 Å². The average molecular weight is 337 g/mol. The molecule has 0 amide bonds. The van der Waals surface area contributed by atoms with Gasteiger partial charge in [-0.3, -0.25) is 14.2 Å². The topological polar surface area (TPSA) is 114 Å². The molecule has 8 heteroatoms. The van der Waals surface area contributed by atoms with E-state index in [4.69, 9.17) is 5.11 Å². The molecule has 0 aliphatic rings. The van der Waals surface area contributed by atoms with E-state index in [-0.39, 0.29) is 16.9 Å². The first-order valence-corrected chi connectivity index (χ1v) is 8.25. The number of aromatic nitrogens is 1. The average Bonchev–Trinajstić information content (AvgIpc) is 2.51. The second-order valence-electron chi connectivity index (χ2n) is 4.81. The maximum absolute atomic E-state index is 12.8. The van der Waals surface area contributed by atoms with Crippen LogP contribution in [0.25, 0.3) is 0 Å². The van der Waals surface area contributed by atoms with Gasteiger partial charge in [-0.1, -0.05) is 25.1 Å². The summed E-state index contributed by atoms with van der Waals surface area (Å²) in [4.78, 5) is 22.3. The Morgan fingerprint density at radius 2 is 1.83 bits per heavy atom. The van der Waals surface area contributed by atoms with Gasteiger partial charge in [0.1, 0.15) is 11.4 Å². The molecule has 7 nitrogen and oxygen atoms in total. The lowest BCUT2D eigenvalue weighted by molar-refractivity contribution is -0.137. The van der Waals surface area contributed by atoms with E-state index >= 15 is 0 Å². The van der Waals surface area contributed by atoms with Crippen molar-refractivity contribution in [3.63, 3.8) is 0 Å². The molecule has 1 aromatic heterocycles. The first-order valence-electron chi connectivity index (χ1n) is 6.76. The number of aromatic hydroxyl groups is 1. The van der Waals surface area contributed by atoms with Crippen LogP contribution in [-0.2, 0) is 27.6 Å². The van der Waals surface area contributed by atoms with Gasteiger partial charge in [-0.25, -0.2) is 8.42 Å². The minimum absolute atomic E-state index is 0.0504. The lowest BCUT2D eigenvalue weighted by atomic mass is 10.2. The number of aliphatic carboxylic acids is 1. The lowest BCUT2D eigenvalue weighted by Gasteiger charge is -2.15. The fraction of sp³-hybridized carbons (Fsp3) is 0.200. The molecule has 0 bridgehead atoms. The second-order valence-corrected chi connectivity index (χ2v) is 6.70. The van der Waals surface area contributed by atoms with E-state index in [9.17, 15) is 23.1 Å². The maximum atomic E-state index is 12.8. The molecule has 1 aromatic carbocycles. The molecule has 0 radical (unpaired) electrons. The fourth-order valence-corrected chi connectivity index (χ4v) is 3.87. The van der Waals surface area contributed by atoms with Crippen LogP contribution in [0.3, 0.4) is 0 Å². The van der Waals surface area contributed by atoms with Crippen molar-refractivity contribution in [3.8, 4) is 5.88 Å². The largest absolute Gasteiger partial charge is 0.493 e. The van der Waals surface area contributed by atoms with Crippen LogP contribution in [0.1, 0.15) is 12.5 Å². The van der Waals surface area contributed by atoms with E-state index in [1.807, 2.05) is 0 Å². The van der Waals surface area contributed by atoms with Gasteiger partial charge in [0.2, 0.25) is 15.7 Å². The number of hydrogen-bond donors (Lipinski definition) is 2. The minimum atomic E-state index is -4.09. The van der Waals surface area contributed by atoms with Crippen molar-refractivity contribution in [2.75, 3.05) is 0 Å². The Labute approximate surface area is 132 Å². The molecular formula is C15H15NO6S. The maximum Gasteiger partial charge on any atom is 0.323 e. The van der Waals surface area contributed by atoms with Crippen LogP contribution in [0.2, 0.25) is 0 Å². The molecule has 0 aliphatic heterocycles. The number of sulfone groups is 1. The summed E-state index contributed by atoms with van der Waals surface area (Å²) in [6.45, 7) is 0.811. The summed E-state index contributed by atoms with van der Waals surface area (Å²) in [6, 6.07) is 8.47. The Morgan fingerprint density at radius 1 is 1.22 bits per heavy atom. The number of rotatable bonds is 5. The number of aryl methyl sites for hydroxylation is 1. The zero-order valence-corrected chi connectivity index (χ0v) is 13.1. The number of carbonyl (C=O) groups is 1. The van der Waals surface area contributed by atoms with E-state index < -0.39 is 38.7 Å². The third-order valence-corrected chi connectivity index (χ3v) is 5.19. The molecule has 0 saturated heterocycles. The van der Waals surface area contributed by atoms with Crippen LogP contribution in [0.15, 0.2) is 51.0 Å². The number of carboxylic acids is 1. The molecule has 0 saturated carbocycles. The van der Waals surface area contributed by atoms with Crippen molar-refractivity contribution in [2.45, 2.75) is 29.7 Å². The highest BCUT2D eigenvalue weighted by atomic mass is 32.2. The standard InChI is InChI=1S/C15H15NO6S/c1-2-10-8-12(17)16(9-13(18)19)15(20)14(10)23(21,22)11-6-4-3-5-7-11/h3-8,20H,2,9H2,1H3,(H,18,19). The highest BCUT2D eigenvalue weighted by Crippen LogP contribution is 2.31. The van der Waals surface area contributed by atoms with Gasteiger partial charge in [0.15, 0.2) is 0 Å². The van der Waals surface area contributed by atoms with E-state index in [2.05, 4.69) is 0 Å². The Morgan fingerprint density at radius 3 is 2.35 bits per heavy atom. The lowest BCUT2D eigenvalue weighted by Crippen LogP contribution is -2.26. The zero-order valence-electron chi connectivity index (χ0n) is 12.3. The Kier molecular flexibility index (Phi) is 4.55. The molecule has 2 N–H and O–H groups in total. The molecule has 0 atom stereocenters. The smallest absolute Gasteiger partial charge is 0.323 e. The van der Waals surface area contributed by atoms with Crippen LogP contribution < -0.4 is 5.56 Å². The minimum Gasteiger partial charge on any atom is -0.493 e. The highest BCUT2D eigenvalue weighted by Gasteiger charge is 2.28. The molecule has 23 heavy (non-hydrogen) atoms. The van der Waals surface area contributed by atoms with Crippen molar-refractivity contribution < 1.29 is 23.4 Å². The molecule has 122 valence electrons. The van der Waals surface area contributed by atoms with Crippen LogP contribution in [0, 0.1) is 0 Å². The van der Waals surface area contributed by atoms with Crippen molar-refractivity contribution in [1.29, 1.82) is 0 Å². The van der Waals surface area contributed by atoms with Gasteiger partial charge in [-0.05, 0) is 24.1 Å². The molecule has 2 rings (SSSR count). The van der Waals surface area contributed by atoms with Crippen LogP contribution >= 0.6 is 0 Å². The van der Waals surface area contributed by atoms with Crippen molar-refractivity contribution in [3.05, 3.63) is 52.3 Å². The van der Waals surface area contributed by atoms with E-state index in [1.54, 1.807) is 13.0 Å². The second kappa shape index (κ2) is 6.25. The first kappa shape index (κ1) is 16.8. The summed E-state index contributed by atoms with van der Waals surface area (Å²) in [6.07, 6.45) is 0.193. The predicted octanol–water partition coefficient (Wildman–Crippen LogP) is 1.03. The molecule has 0 unspecified atom stereocenters. The fourth-order valence-electron chi connectivity index (χ4n) is 2.22. The molecule has 2 aromatic rings. The highest BCUT2D eigenvalue weighted by molar-refractivity contribution is 7.91. The third-order valence-electron chi connectivity index (χ3n) is 3.31. The summed E-state index contributed by atoms with van der Waals surface area (Å²) >= 11 is 0. The molecule has 0 aliphatic carbocycles. The summed E-state index contributed by atoms with van der Waals surface area (Å²) in [7, 11) is -4.09. The van der Waals surface area contributed by atoms with Gasteiger partial charge < -0.3 is 10.2 Å². The van der Waals surface area contributed by atoms with Crippen molar-refractivity contribution in [2.24, 2.45) is 0 Å². The van der Waals surface area contributed by atoms with E-state index in [0.29, 0.717) is 4.57 Å². The molecular weight excluding hydrogens is 322 g/mol. The normalized spacial score (nSPS) is 11.3. The van der Waals surface area contributed by atoms with Gasteiger partial charge >= 0.3 is 5.97 Å². The quantitative estimate of drug-likeness (QED) is 0.842. The predicted molar refractivity (Wildman–Crippen MR) is 81.3 cm³/mol. The van der Waals surface area contributed by atoms with E-state index in [1.165, 1.54) is 24.3 Å². The van der Waals surface area contributed by atoms with Crippen LogP contribution in [0.4, 0.5) is 0 Å². The first-order chi connectivity index (χ1) is 10.8. The van der Waals surface area contributed by atoms with E-state index in [0.717, 1.165) is 6.07 Å². The number of nitrogens with zero attached hydrogens (tertiary/aromatic N) is 1. The summed E-state index contributed by atoms with van der Waals surface area (Å²) in [5, 5.41) is 19.1. The van der Waals surface area contributed by atoms with Gasteiger partial charge in [-0.2, -0.15) is 0 Å². The van der Waals surface area contributed by atoms with Crippen molar-refractivity contribution in [1.82, 2.24) is 4.57 Å². The SMILES string of the molecule is CCc1cc(=O)n(CC(=O)O)c(O)c1S(=O)(=O)c1ccccc1. The Hall–Kier alpha value is -2.61. The summed E-state index contributed by atoms with van der Waals surface area (Å²) < 4.78 is 26.0. The molecule has 0 spiro atoms. The third kappa shape index (κ3) is 3.11. The van der Waals surface area contributed by atoms with Crippen molar-refractivity contribution >= 4 is 15.8 Å². The number of hydrogen-bond acceptors (Lipinski definition) is 5. The number of benzene rings is 1. The Balaban J connectivity index is 2.80. The Bertz CT molecular complexity index is 900. The van der Waals surface area contributed by atoms with Gasteiger partial charge in [0.05, 0.1) is 4.90 Å². The van der Waals surface area contributed by atoms with Gasteiger partial charge in [0, 0.05) is 6.07 Å².